The van der Waals surface area contributed by atoms with Gasteiger partial charge >= 0.3 is 0 Å². The summed E-state index contributed by atoms with van der Waals surface area (Å²) in [5, 5.41) is 5.30. The van der Waals surface area contributed by atoms with E-state index in [0.717, 1.165) is 23.7 Å². The fourth-order valence-electron chi connectivity index (χ4n) is 6.31. The fraction of sp³-hybridized carbons (Fsp3) is 0.941. The normalized spacial score (nSPS) is 52.8. The number of nitrogens with zero attached hydrogens (tertiary/aromatic N) is 1. The van der Waals surface area contributed by atoms with Crippen LogP contribution in [0, 0.1) is 23.7 Å². The van der Waals surface area contributed by atoms with Gasteiger partial charge in [0.1, 0.15) is 0 Å². The van der Waals surface area contributed by atoms with E-state index in [1.54, 1.807) is 0 Å². The Labute approximate surface area is 126 Å². The van der Waals surface area contributed by atoms with Gasteiger partial charge in [0, 0.05) is 11.3 Å². The first-order valence-corrected chi connectivity index (χ1v) is 9.75. The fourth-order valence-corrected chi connectivity index (χ4v) is 7.57. The molecule has 1 N–H and O–H groups in total. The van der Waals surface area contributed by atoms with Crippen LogP contribution in [0.2, 0.25) is 0 Å². The van der Waals surface area contributed by atoms with Gasteiger partial charge in [-0.15, -0.1) is 0 Å². The van der Waals surface area contributed by atoms with Crippen LogP contribution >= 0.6 is 11.8 Å². The number of aliphatic imine (C=N–C) groups is 1. The molecule has 0 spiro atoms. The Balaban J connectivity index is 1.36. The quantitative estimate of drug-likeness (QED) is 0.794. The summed E-state index contributed by atoms with van der Waals surface area (Å²) in [6.45, 7) is 0. The summed E-state index contributed by atoms with van der Waals surface area (Å²) in [7, 11) is 0. The molecule has 3 heteroatoms. The van der Waals surface area contributed by atoms with Gasteiger partial charge < -0.3 is 5.32 Å². The zero-order chi connectivity index (χ0) is 13.2. The minimum atomic E-state index is 0.450. The summed E-state index contributed by atoms with van der Waals surface area (Å²) in [5.41, 5.74) is 0.450. The second-order valence-electron chi connectivity index (χ2n) is 8.33. The van der Waals surface area contributed by atoms with Crippen LogP contribution in [0.4, 0.5) is 0 Å². The second kappa shape index (κ2) is 4.41. The van der Waals surface area contributed by atoms with Crippen molar-refractivity contribution in [3.05, 3.63) is 0 Å². The summed E-state index contributed by atoms with van der Waals surface area (Å²) in [5.74, 6) is 5.30. The lowest BCUT2D eigenvalue weighted by molar-refractivity contribution is -0.00970. The van der Waals surface area contributed by atoms with Gasteiger partial charge in [0.15, 0.2) is 5.17 Å². The summed E-state index contributed by atoms with van der Waals surface area (Å²) < 4.78 is 0. The number of amidine groups is 1. The van der Waals surface area contributed by atoms with Crippen molar-refractivity contribution in [2.24, 2.45) is 28.7 Å². The highest BCUT2D eigenvalue weighted by atomic mass is 32.2. The molecule has 5 saturated carbocycles. The molecule has 1 aliphatic heterocycles. The molecule has 0 saturated heterocycles. The third-order valence-electron chi connectivity index (χ3n) is 6.75. The van der Waals surface area contributed by atoms with E-state index < -0.39 is 0 Å². The van der Waals surface area contributed by atoms with Crippen LogP contribution < -0.4 is 5.32 Å². The summed E-state index contributed by atoms with van der Waals surface area (Å²) in [4.78, 5) is 5.09. The summed E-state index contributed by atoms with van der Waals surface area (Å²) in [6, 6.07) is 0.660. The van der Waals surface area contributed by atoms with Crippen LogP contribution in [-0.2, 0) is 0 Å². The van der Waals surface area contributed by atoms with Gasteiger partial charge in [0.2, 0.25) is 0 Å². The molecule has 5 aliphatic carbocycles. The van der Waals surface area contributed by atoms with E-state index in [9.17, 15) is 0 Å². The molecule has 0 radical (unpaired) electrons. The van der Waals surface area contributed by atoms with E-state index in [-0.39, 0.29) is 0 Å². The van der Waals surface area contributed by atoms with Crippen LogP contribution in [0.25, 0.3) is 0 Å². The average Bonchev–Trinajstić information content (AvgIpc) is 2.83. The zero-order valence-electron chi connectivity index (χ0n) is 12.3. The molecule has 2 atom stereocenters. The van der Waals surface area contributed by atoms with Gasteiger partial charge in [-0.25, -0.2) is 0 Å². The van der Waals surface area contributed by atoms with Crippen molar-refractivity contribution in [3.63, 3.8) is 0 Å². The van der Waals surface area contributed by atoms with Crippen molar-refractivity contribution in [2.75, 3.05) is 5.75 Å². The minimum absolute atomic E-state index is 0.450. The standard InChI is InChI=1S/C17H26N2S/c1-2-14-10-20-16(18-15(14)3-1)19-17-7-11-4-12(8-17)6-13(5-11)9-17/h11-15H,1-10H2,(H,18,19). The molecule has 0 aromatic rings. The van der Waals surface area contributed by atoms with E-state index in [1.807, 2.05) is 11.8 Å². The van der Waals surface area contributed by atoms with E-state index in [0.29, 0.717) is 11.6 Å². The zero-order valence-corrected chi connectivity index (χ0v) is 13.1. The van der Waals surface area contributed by atoms with E-state index in [1.165, 1.54) is 68.7 Å². The van der Waals surface area contributed by atoms with Crippen LogP contribution in [0.3, 0.4) is 0 Å². The largest absolute Gasteiger partial charge is 0.359 e. The maximum atomic E-state index is 5.09. The lowest BCUT2D eigenvalue weighted by Gasteiger charge is -2.57. The van der Waals surface area contributed by atoms with Gasteiger partial charge in [-0.1, -0.05) is 18.2 Å². The maximum Gasteiger partial charge on any atom is 0.157 e. The van der Waals surface area contributed by atoms with Crippen molar-refractivity contribution in [1.82, 2.24) is 5.32 Å². The van der Waals surface area contributed by atoms with Crippen LogP contribution in [0.5, 0.6) is 0 Å². The number of fused-ring (bicyclic) bond motifs is 1. The van der Waals surface area contributed by atoms with Crippen LogP contribution in [0.15, 0.2) is 4.99 Å². The van der Waals surface area contributed by atoms with Crippen LogP contribution in [0.1, 0.15) is 57.8 Å². The number of hydrogen-bond donors (Lipinski definition) is 1. The molecule has 6 rings (SSSR count). The molecule has 4 bridgehead atoms. The molecule has 2 unspecified atom stereocenters. The Hall–Kier alpha value is -0.180. The SMILES string of the molecule is C1CC2CSC(NC34CC5CC(CC(C5)C3)C4)=NC2C1. The number of thioether (sulfide) groups is 1. The average molecular weight is 290 g/mol. The lowest BCUT2D eigenvalue weighted by Crippen LogP contribution is -2.59. The van der Waals surface area contributed by atoms with Gasteiger partial charge in [0.25, 0.3) is 0 Å². The highest BCUT2D eigenvalue weighted by Gasteiger charge is 2.51. The number of rotatable bonds is 1. The topological polar surface area (TPSA) is 24.4 Å². The number of nitrogens with one attached hydrogen (secondary N) is 1. The summed E-state index contributed by atoms with van der Waals surface area (Å²) in [6.07, 6.45) is 13.1. The van der Waals surface area contributed by atoms with E-state index in [2.05, 4.69) is 5.32 Å². The molecule has 2 nitrogen and oxygen atoms in total. The first-order chi connectivity index (χ1) is 9.78. The molecule has 110 valence electrons. The van der Waals surface area contributed by atoms with Crippen molar-refractivity contribution in [3.8, 4) is 0 Å². The Morgan fingerprint density at radius 2 is 1.70 bits per heavy atom. The predicted octanol–water partition coefficient (Wildman–Crippen LogP) is 3.82. The molecule has 1 heterocycles. The molecule has 0 amide bonds. The Kier molecular flexibility index (Phi) is 2.73. The molecule has 6 aliphatic rings. The maximum absolute atomic E-state index is 5.09. The molecular formula is C17H26N2S. The van der Waals surface area contributed by atoms with Gasteiger partial charge in [-0.3, -0.25) is 4.99 Å². The van der Waals surface area contributed by atoms with Gasteiger partial charge in [0.05, 0.1) is 6.04 Å². The van der Waals surface area contributed by atoms with E-state index in [4.69, 9.17) is 4.99 Å². The Morgan fingerprint density at radius 3 is 2.40 bits per heavy atom. The Morgan fingerprint density at radius 1 is 1.00 bits per heavy atom. The molecule has 20 heavy (non-hydrogen) atoms. The minimum Gasteiger partial charge on any atom is -0.359 e. The summed E-state index contributed by atoms with van der Waals surface area (Å²) >= 11 is 2.03. The lowest BCUT2D eigenvalue weighted by atomic mass is 9.53. The molecule has 0 aromatic carbocycles. The third kappa shape index (κ3) is 1.95. The predicted molar refractivity (Wildman–Crippen MR) is 85.1 cm³/mol. The molecule has 0 aromatic heterocycles. The third-order valence-corrected chi connectivity index (χ3v) is 7.82. The van der Waals surface area contributed by atoms with Gasteiger partial charge in [-0.2, -0.15) is 0 Å². The highest BCUT2D eigenvalue weighted by Crippen LogP contribution is 2.55. The van der Waals surface area contributed by atoms with Crippen molar-refractivity contribution in [1.29, 1.82) is 0 Å². The van der Waals surface area contributed by atoms with Crippen molar-refractivity contribution >= 4 is 16.9 Å². The first-order valence-electron chi connectivity index (χ1n) is 8.77. The van der Waals surface area contributed by atoms with E-state index >= 15 is 0 Å². The first kappa shape index (κ1) is 12.4. The van der Waals surface area contributed by atoms with Gasteiger partial charge in [-0.05, 0) is 75.0 Å². The Bertz CT molecular complexity index is 409. The van der Waals surface area contributed by atoms with Crippen molar-refractivity contribution < 1.29 is 0 Å². The molecular weight excluding hydrogens is 264 g/mol. The van der Waals surface area contributed by atoms with Crippen molar-refractivity contribution in [2.45, 2.75) is 69.4 Å². The monoisotopic (exact) mass is 290 g/mol. The van der Waals surface area contributed by atoms with Crippen LogP contribution in [-0.4, -0.2) is 22.5 Å². The second-order valence-corrected chi connectivity index (χ2v) is 9.34. The number of hydrogen-bond acceptors (Lipinski definition) is 3. The molecule has 5 fully saturated rings. The smallest absolute Gasteiger partial charge is 0.157 e. The highest BCUT2D eigenvalue weighted by molar-refractivity contribution is 8.13.